The number of hydrogen-bond acceptors (Lipinski definition) is 3. The van der Waals surface area contributed by atoms with E-state index in [2.05, 4.69) is 5.32 Å². The fraction of sp³-hybridized carbons (Fsp3) is 0.364. The van der Waals surface area contributed by atoms with Gasteiger partial charge in [-0.25, -0.2) is 4.39 Å². The second-order valence-corrected chi connectivity index (χ2v) is 3.65. The van der Waals surface area contributed by atoms with Gasteiger partial charge in [0, 0.05) is 24.8 Å². The number of likely N-dealkylation sites (N-methyl/N-ethyl adjacent to an activating group) is 2. The topological polar surface area (TPSA) is 58.4 Å². The lowest BCUT2D eigenvalue weighted by atomic mass is 10.1. The van der Waals surface area contributed by atoms with E-state index >= 15 is 0 Å². The predicted octanol–water partition coefficient (Wildman–Crippen LogP) is 0.586. The van der Waals surface area contributed by atoms with Crippen LogP contribution in [0.3, 0.4) is 0 Å². The van der Waals surface area contributed by atoms with Crippen LogP contribution < -0.4 is 11.1 Å². The Bertz CT molecular complexity index is 361. The van der Waals surface area contributed by atoms with Crippen LogP contribution in [0.5, 0.6) is 0 Å². The first-order valence-electron chi connectivity index (χ1n) is 4.96. The standard InChI is InChI=1S/C11H16FN3O/c1-14-11(16)7-15(2)6-8-9(12)4-3-5-10(8)13/h3-5H,6-7,13H2,1-2H3,(H,14,16). The average Bonchev–Trinajstić information content (AvgIpc) is 2.23. The molecule has 16 heavy (non-hydrogen) atoms. The number of rotatable bonds is 4. The van der Waals surface area contributed by atoms with E-state index in [9.17, 15) is 9.18 Å². The number of carbonyl (C=O) groups is 1. The highest BCUT2D eigenvalue weighted by atomic mass is 19.1. The molecule has 0 bridgehead atoms. The highest BCUT2D eigenvalue weighted by Crippen LogP contribution is 2.16. The summed E-state index contributed by atoms with van der Waals surface area (Å²) < 4.78 is 13.4. The molecule has 5 heteroatoms. The first-order valence-corrected chi connectivity index (χ1v) is 4.96. The summed E-state index contributed by atoms with van der Waals surface area (Å²) in [4.78, 5) is 12.8. The molecule has 0 aromatic heterocycles. The van der Waals surface area contributed by atoms with Gasteiger partial charge in [-0.2, -0.15) is 0 Å². The third kappa shape index (κ3) is 3.20. The molecular weight excluding hydrogens is 209 g/mol. The minimum Gasteiger partial charge on any atom is -0.398 e. The Morgan fingerprint density at radius 2 is 2.25 bits per heavy atom. The first-order chi connectivity index (χ1) is 7.54. The maximum absolute atomic E-state index is 13.4. The Kier molecular flexibility index (Phi) is 4.25. The smallest absolute Gasteiger partial charge is 0.233 e. The van der Waals surface area contributed by atoms with E-state index in [1.807, 2.05) is 0 Å². The van der Waals surface area contributed by atoms with Crippen LogP contribution in [0.4, 0.5) is 10.1 Å². The van der Waals surface area contributed by atoms with Crippen molar-refractivity contribution in [2.45, 2.75) is 6.54 Å². The van der Waals surface area contributed by atoms with E-state index in [0.29, 0.717) is 17.8 Å². The lowest BCUT2D eigenvalue weighted by molar-refractivity contribution is -0.121. The molecule has 0 heterocycles. The molecule has 1 aromatic carbocycles. The third-order valence-corrected chi connectivity index (χ3v) is 2.28. The normalized spacial score (nSPS) is 10.5. The Morgan fingerprint density at radius 3 is 2.81 bits per heavy atom. The van der Waals surface area contributed by atoms with Crippen LogP contribution in [0.1, 0.15) is 5.56 Å². The van der Waals surface area contributed by atoms with Crippen molar-refractivity contribution >= 4 is 11.6 Å². The molecule has 88 valence electrons. The van der Waals surface area contributed by atoms with Crippen LogP contribution in [-0.2, 0) is 11.3 Å². The molecule has 0 unspecified atom stereocenters. The number of nitrogen functional groups attached to an aromatic ring is 1. The quantitative estimate of drug-likeness (QED) is 0.737. The summed E-state index contributed by atoms with van der Waals surface area (Å²) in [5.41, 5.74) is 6.50. The summed E-state index contributed by atoms with van der Waals surface area (Å²) in [6, 6.07) is 4.57. The maximum atomic E-state index is 13.4. The number of nitrogens with two attached hydrogens (primary N) is 1. The van der Waals surface area contributed by atoms with E-state index in [-0.39, 0.29) is 18.3 Å². The summed E-state index contributed by atoms with van der Waals surface area (Å²) in [5.74, 6) is -0.457. The number of hydrogen-bond donors (Lipinski definition) is 2. The molecule has 0 aliphatic heterocycles. The van der Waals surface area contributed by atoms with Gasteiger partial charge in [0.25, 0.3) is 0 Å². The number of halogens is 1. The van der Waals surface area contributed by atoms with E-state index in [1.54, 1.807) is 31.1 Å². The van der Waals surface area contributed by atoms with Gasteiger partial charge in [0.15, 0.2) is 0 Å². The molecule has 3 N–H and O–H groups in total. The van der Waals surface area contributed by atoms with Gasteiger partial charge >= 0.3 is 0 Å². The predicted molar refractivity (Wildman–Crippen MR) is 61.2 cm³/mol. The number of amides is 1. The van der Waals surface area contributed by atoms with Crippen molar-refractivity contribution in [3.8, 4) is 0 Å². The van der Waals surface area contributed by atoms with Gasteiger partial charge in [-0.1, -0.05) is 6.07 Å². The number of anilines is 1. The summed E-state index contributed by atoms with van der Waals surface area (Å²) in [7, 11) is 3.30. The van der Waals surface area contributed by atoms with Crippen molar-refractivity contribution < 1.29 is 9.18 Å². The molecule has 1 amide bonds. The van der Waals surface area contributed by atoms with Gasteiger partial charge in [0.1, 0.15) is 5.82 Å². The second kappa shape index (κ2) is 5.46. The molecule has 0 saturated carbocycles. The molecule has 1 rings (SSSR count). The summed E-state index contributed by atoms with van der Waals surface area (Å²) >= 11 is 0. The second-order valence-electron chi connectivity index (χ2n) is 3.65. The number of carbonyl (C=O) groups excluding carboxylic acids is 1. The van der Waals surface area contributed by atoms with Gasteiger partial charge in [0.2, 0.25) is 5.91 Å². The fourth-order valence-corrected chi connectivity index (χ4v) is 1.39. The van der Waals surface area contributed by atoms with E-state index in [1.165, 1.54) is 6.07 Å². The van der Waals surface area contributed by atoms with Gasteiger partial charge in [-0.15, -0.1) is 0 Å². The van der Waals surface area contributed by atoms with Crippen LogP contribution >= 0.6 is 0 Å². The molecular formula is C11H16FN3O. The highest BCUT2D eigenvalue weighted by molar-refractivity contribution is 5.77. The lowest BCUT2D eigenvalue weighted by Crippen LogP contribution is -2.33. The van der Waals surface area contributed by atoms with Crippen molar-refractivity contribution in [3.05, 3.63) is 29.6 Å². The zero-order valence-electron chi connectivity index (χ0n) is 9.46. The van der Waals surface area contributed by atoms with Crippen molar-refractivity contribution in [1.29, 1.82) is 0 Å². The zero-order chi connectivity index (χ0) is 12.1. The summed E-state index contributed by atoms with van der Waals surface area (Å²) in [5, 5.41) is 2.51. The summed E-state index contributed by atoms with van der Waals surface area (Å²) in [6.07, 6.45) is 0. The highest BCUT2D eigenvalue weighted by Gasteiger charge is 2.10. The monoisotopic (exact) mass is 225 g/mol. The molecule has 0 aliphatic carbocycles. The van der Waals surface area contributed by atoms with E-state index in [4.69, 9.17) is 5.73 Å². The Hall–Kier alpha value is -1.62. The minimum absolute atomic E-state index is 0.114. The average molecular weight is 225 g/mol. The number of nitrogens with zero attached hydrogens (tertiary/aromatic N) is 1. The Balaban J connectivity index is 2.69. The van der Waals surface area contributed by atoms with Crippen molar-refractivity contribution in [2.24, 2.45) is 0 Å². The molecule has 1 aromatic rings. The molecule has 0 radical (unpaired) electrons. The van der Waals surface area contributed by atoms with Crippen molar-refractivity contribution in [1.82, 2.24) is 10.2 Å². The van der Waals surface area contributed by atoms with Crippen LogP contribution in [0, 0.1) is 5.82 Å². The largest absolute Gasteiger partial charge is 0.398 e. The van der Waals surface area contributed by atoms with Crippen molar-refractivity contribution in [3.63, 3.8) is 0 Å². The molecule has 0 spiro atoms. The van der Waals surface area contributed by atoms with Crippen LogP contribution in [-0.4, -0.2) is 31.4 Å². The Morgan fingerprint density at radius 1 is 1.56 bits per heavy atom. The SMILES string of the molecule is CNC(=O)CN(C)Cc1c(N)cccc1F. The lowest BCUT2D eigenvalue weighted by Gasteiger charge is -2.17. The van der Waals surface area contributed by atoms with Crippen LogP contribution in [0.25, 0.3) is 0 Å². The fourth-order valence-electron chi connectivity index (χ4n) is 1.39. The third-order valence-electron chi connectivity index (χ3n) is 2.28. The molecule has 0 atom stereocenters. The molecule has 0 aliphatic rings. The van der Waals surface area contributed by atoms with Gasteiger partial charge in [-0.3, -0.25) is 9.69 Å². The zero-order valence-corrected chi connectivity index (χ0v) is 9.46. The Labute approximate surface area is 94.2 Å². The maximum Gasteiger partial charge on any atom is 0.233 e. The minimum atomic E-state index is -0.344. The van der Waals surface area contributed by atoms with E-state index in [0.717, 1.165) is 0 Å². The van der Waals surface area contributed by atoms with Gasteiger partial charge in [-0.05, 0) is 19.2 Å². The first kappa shape index (κ1) is 12.4. The van der Waals surface area contributed by atoms with Crippen LogP contribution in [0.2, 0.25) is 0 Å². The number of nitrogens with one attached hydrogen (secondary N) is 1. The van der Waals surface area contributed by atoms with E-state index < -0.39 is 0 Å². The molecule has 0 saturated heterocycles. The van der Waals surface area contributed by atoms with Gasteiger partial charge in [0.05, 0.1) is 6.54 Å². The molecule has 0 fully saturated rings. The van der Waals surface area contributed by atoms with Gasteiger partial charge < -0.3 is 11.1 Å². The molecule has 4 nitrogen and oxygen atoms in total. The number of benzene rings is 1. The summed E-state index contributed by atoms with van der Waals surface area (Å²) in [6.45, 7) is 0.524. The van der Waals surface area contributed by atoms with Crippen LogP contribution in [0.15, 0.2) is 18.2 Å². The van der Waals surface area contributed by atoms with Crippen molar-refractivity contribution in [2.75, 3.05) is 26.4 Å².